The fourth-order valence-electron chi connectivity index (χ4n) is 3.18. The van der Waals surface area contributed by atoms with E-state index in [9.17, 15) is 19.2 Å². The number of hydrogen-bond acceptors (Lipinski definition) is 5. The highest BCUT2D eigenvalue weighted by Gasteiger charge is 2.35. The van der Waals surface area contributed by atoms with Gasteiger partial charge in [-0.15, -0.1) is 0 Å². The molecule has 0 bridgehead atoms. The number of hydrogen-bond donors (Lipinski definition) is 2. The van der Waals surface area contributed by atoms with E-state index in [1.54, 1.807) is 0 Å². The van der Waals surface area contributed by atoms with E-state index >= 15 is 0 Å². The Bertz CT molecular complexity index is 806. The van der Waals surface area contributed by atoms with Crippen molar-refractivity contribution >= 4 is 23.5 Å². The molecule has 0 spiro atoms. The summed E-state index contributed by atoms with van der Waals surface area (Å²) < 4.78 is 0. The maximum absolute atomic E-state index is 12.7. The lowest BCUT2D eigenvalue weighted by atomic mass is 10.0. The Morgan fingerprint density at radius 1 is 1.28 bits per heavy atom. The number of nitrogens with one attached hydrogen (secondary N) is 2. The van der Waals surface area contributed by atoms with E-state index < -0.39 is 30.4 Å². The molecule has 10 heteroatoms. The molecule has 0 aromatic heterocycles. The van der Waals surface area contributed by atoms with Crippen LogP contribution in [0.15, 0.2) is 35.4 Å². The quantitative estimate of drug-likeness (QED) is 0.357. The first-order valence-corrected chi connectivity index (χ1v) is 9.34. The van der Waals surface area contributed by atoms with E-state index in [1.807, 2.05) is 30.3 Å². The van der Waals surface area contributed by atoms with Crippen molar-refractivity contribution in [1.29, 1.82) is 0 Å². The van der Waals surface area contributed by atoms with Gasteiger partial charge in [-0.25, -0.2) is 0 Å². The number of azide groups is 1. The lowest BCUT2D eigenvalue weighted by molar-refractivity contribution is -0.139. The van der Waals surface area contributed by atoms with Gasteiger partial charge in [0, 0.05) is 11.5 Å². The molecule has 2 rings (SSSR count). The number of ketones is 1. The largest absolute Gasteiger partial charge is 0.347 e. The lowest BCUT2D eigenvalue weighted by Gasteiger charge is -2.26. The Balaban J connectivity index is 1.95. The van der Waals surface area contributed by atoms with Gasteiger partial charge in [-0.1, -0.05) is 35.4 Å². The normalized spacial score (nSPS) is 16.4. The van der Waals surface area contributed by atoms with Gasteiger partial charge in [0.25, 0.3) is 0 Å². The van der Waals surface area contributed by atoms with E-state index in [2.05, 4.69) is 20.7 Å². The molecule has 1 saturated heterocycles. The minimum absolute atomic E-state index is 0.164. The minimum Gasteiger partial charge on any atom is -0.347 e. The van der Waals surface area contributed by atoms with E-state index in [0.717, 1.165) is 5.56 Å². The molecule has 1 aliphatic rings. The Labute approximate surface area is 168 Å². The molecule has 0 aliphatic carbocycles. The van der Waals surface area contributed by atoms with Gasteiger partial charge in [0.05, 0.1) is 12.6 Å². The van der Waals surface area contributed by atoms with Crippen LogP contribution in [0, 0.1) is 0 Å². The van der Waals surface area contributed by atoms with Crippen LogP contribution in [0.2, 0.25) is 0 Å². The number of amides is 3. The van der Waals surface area contributed by atoms with Crippen molar-refractivity contribution in [2.75, 3.05) is 19.6 Å². The molecule has 1 aromatic rings. The summed E-state index contributed by atoms with van der Waals surface area (Å²) in [5, 5.41) is 8.25. The van der Waals surface area contributed by atoms with Crippen molar-refractivity contribution in [2.24, 2.45) is 5.11 Å². The minimum atomic E-state index is -0.686. The highest BCUT2D eigenvalue weighted by atomic mass is 16.2. The molecule has 3 amide bonds. The number of carbonyl (C=O) groups is 4. The average molecular weight is 400 g/mol. The SMILES string of the molecule is CC(=O)C(Cc1ccccc1)NC(=O)C1CCCN1C(=O)CNC(=O)CN=[N+]=[N-]. The van der Waals surface area contributed by atoms with Gasteiger partial charge >= 0.3 is 0 Å². The highest BCUT2D eigenvalue weighted by molar-refractivity contribution is 5.93. The predicted molar refractivity (Wildman–Crippen MR) is 105 cm³/mol. The summed E-state index contributed by atoms with van der Waals surface area (Å²) in [4.78, 5) is 52.5. The summed E-state index contributed by atoms with van der Waals surface area (Å²) in [6, 6.07) is 8.00. The fraction of sp³-hybridized carbons (Fsp3) is 0.474. The second-order valence-electron chi connectivity index (χ2n) is 6.77. The van der Waals surface area contributed by atoms with Gasteiger partial charge in [-0.2, -0.15) is 0 Å². The first-order valence-electron chi connectivity index (χ1n) is 9.34. The van der Waals surface area contributed by atoms with Gasteiger partial charge < -0.3 is 15.5 Å². The second-order valence-corrected chi connectivity index (χ2v) is 6.77. The van der Waals surface area contributed by atoms with Gasteiger partial charge in [-0.05, 0) is 37.3 Å². The third-order valence-electron chi connectivity index (χ3n) is 4.68. The van der Waals surface area contributed by atoms with Crippen LogP contribution in [-0.2, 0) is 25.6 Å². The molecule has 0 saturated carbocycles. The standard InChI is InChI=1S/C19H24N6O4/c1-13(26)15(10-14-6-3-2-4-7-14)23-19(29)16-8-5-9-25(16)18(28)12-21-17(27)11-22-24-20/h2-4,6-7,15-16H,5,8-12H2,1H3,(H,21,27)(H,23,29). The molecule has 2 N–H and O–H groups in total. The summed E-state index contributed by atoms with van der Waals surface area (Å²) >= 11 is 0. The molecule has 0 radical (unpaired) electrons. The van der Waals surface area contributed by atoms with E-state index in [1.165, 1.54) is 11.8 Å². The number of carbonyl (C=O) groups excluding carboxylic acids is 4. The van der Waals surface area contributed by atoms with Crippen molar-refractivity contribution in [3.8, 4) is 0 Å². The molecule has 2 atom stereocenters. The number of benzene rings is 1. The Morgan fingerprint density at radius 2 is 2.00 bits per heavy atom. The Kier molecular flexibility index (Phi) is 8.17. The van der Waals surface area contributed by atoms with Crippen LogP contribution in [0.25, 0.3) is 10.4 Å². The van der Waals surface area contributed by atoms with Crippen LogP contribution < -0.4 is 10.6 Å². The van der Waals surface area contributed by atoms with Crippen LogP contribution in [0.1, 0.15) is 25.3 Å². The summed E-state index contributed by atoms with van der Waals surface area (Å²) in [6.07, 6.45) is 1.51. The predicted octanol–water partition coefficient (Wildman–Crippen LogP) is 0.720. The summed E-state index contributed by atoms with van der Waals surface area (Å²) in [7, 11) is 0. The Morgan fingerprint density at radius 3 is 2.66 bits per heavy atom. The molecule has 1 fully saturated rings. The van der Waals surface area contributed by atoms with Crippen LogP contribution in [0.5, 0.6) is 0 Å². The van der Waals surface area contributed by atoms with Crippen LogP contribution >= 0.6 is 0 Å². The molecule has 154 valence electrons. The monoisotopic (exact) mass is 400 g/mol. The van der Waals surface area contributed by atoms with Gasteiger partial charge in [0.15, 0.2) is 5.78 Å². The first kappa shape index (κ1) is 21.9. The van der Waals surface area contributed by atoms with Crippen molar-refractivity contribution in [1.82, 2.24) is 15.5 Å². The van der Waals surface area contributed by atoms with Crippen LogP contribution in [0.3, 0.4) is 0 Å². The zero-order valence-electron chi connectivity index (χ0n) is 16.2. The number of likely N-dealkylation sites (tertiary alicyclic amines) is 1. The van der Waals surface area contributed by atoms with Crippen molar-refractivity contribution < 1.29 is 19.2 Å². The second kappa shape index (κ2) is 10.8. The maximum atomic E-state index is 12.7. The molecule has 29 heavy (non-hydrogen) atoms. The first-order chi connectivity index (χ1) is 13.9. The molecule has 10 nitrogen and oxygen atoms in total. The third-order valence-corrected chi connectivity index (χ3v) is 4.68. The summed E-state index contributed by atoms with van der Waals surface area (Å²) in [5.41, 5.74) is 9.13. The number of rotatable bonds is 9. The zero-order chi connectivity index (χ0) is 21.2. The number of nitrogens with zero attached hydrogens (tertiary/aromatic N) is 4. The molecule has 1 heterocycles. The van der Waals surface area contributed by atoms with Crippen molar-refractivity contribution in [2.45, 2.75) is 38.3 Å². The van der Waals surface area contributed by atoms with Crippen molar-refractivity contribution in [3.63, 3.8) is 0 Å². The van der Waals surface area contributed by atoms with E-state index in [0.29, 0.717) is 25.8 Å². The van der Waals surface area contributed by atoms with Crippen molar-refractivity contribution in [3.05, 3.63) is 46.3 Å². The molecular weight excluding hydrogens is 376 g/mol. The molecule has 1 aliphatic heterocycles. The van der Waals surface area contributed by atoms with E-state index in [-0.39, 0.29) is 18.2 Å². The maximum Gasteiger partial charge on any atom is 0.243 e. The van der Waals surface area contributed by atoms with Gasteiger partial charge in [-0.3, -0.25) is 19.2 Å². The summed E-state index contributed by atoms with van der Waals surface area (Å²) in [5.74, 6) is -1.52. The average Bonchev–Trinajstić information content (AvgIpc) is 3.20. The zero-order valence-corrected chi connectivity index (χ0v) is 16.2. The van der Waals surface area contributed by atoms with Gasteiger partial charge in [0.2, 0.25) is 17.7 Å². The molecule has 2 unspecified atom stereocenters. The van der Waals surface area contributed by atoms with Crippen LogP contribution in [0.4, 0.5) is 0 Å². The van der Waals surface area contributed by atoms with Crippen LogP contribution in [-0.4, -0.2) is 60.1 Å². The third kappa shape index (κ3) is 6.62. The summed E-state index contributed by atoms with van der Waals surface area (Å²) in [6.45, 7) is 1.13. The topological polar surface area (TPSA) is 144 Å². The Hall–Kier alpha value is -3.39. The fourth-order valence-corrected chi connectivity index (χ4v) is 3.18. The number of Topliss-reactive ketones (excluding diaryl/α,β-unsaturated/α-hetero) is 1. The van der Waals surface area contributed by atoms with Gasteiger partial charge in [0.1, 0.15) is 12.6 Å². The molecular formula is C19H24N6O4. The molecule has 1 aromatic carbocycles. The smallest absolute Gasteiger partial charge is 0.243 e. The lowest BCUT2D eigenvalue weighted by Crippen LogP contribution is -2.52. The van der Waals surface area contributed by atoms with E-state index in [4.69, 9.17) is 5.53 Å². The highest BCUT2D eigenvalue weighted by Crippen LogP contribution is 2.18.